The molecule has 0 amide bonds. The summed E-state index contributed by atoms with van der Waals surface area (Å²) in [6, 6.07) is 14.4. The Hall–Kier alpha value is -1.97. The summed E-state index contributed by atoms with van der Waals surface area (Å²) in [5.74, 6) is 0.871. The minimum Gasteiger partial charge on any atom is -0.497 e. The van der Waals surface area contributed by atoms with Crippen LogP contribution in [0.4, 0.5) is 0 Å². The van der Waals surface area contributed by atoms with Gasteiger partial charge in [0.05, 0.1) is 12.6 Å². The molecule has 2 heterocycles. The first-order valence-electron chi connectivity index (χ1n) is 7.45. The molecule has 3 aromatic rings. The van der Waals surface area contributed by atoms with Gasteiger partial charge in [-0.25, -0.2) is 0 Å². The zero-order valence-corrected chi connectivity index (χ0v) is 13.2. The van der Waals surface area contributed by atoms with Gasteiger partial charge in [-0.05, 0) is 61.0 Å². The Balaban J connectivity index is 1.99. The number of halogens is 1. The van der Waals surface area contributed by atoms with Gasteiger partial charge in [0, 0.05) is 28.3 Å². The third kappa shape index (κ3) is 2.09. The van der Waals surface area contributed by atoms with Crippen LogP contribution in [-0.2, 0) is 13.0 Å². The minimum absolute atomic E-state index is 0.792. The van der Waals surface area contributed by atoms with E-state index >= 15 is 0 Å². The van der Waals surface area contributed by atoms with Gasteiger partial charge in [-0.15, -0.1) is 0 Å². The van der Waals surface area contributed by atoms with E-state index in [0.717, 1.165) is 36.0 Å². The molecule has 112 valence electrons. The number of aromatic nitrogens is 1. The summed E-state index contributed by atoms with van der Waals surface area (Å²) in [6.07, 6.45) is 1.04. The van der Waals surface area contributed by atoms with Crippen LogP contribution in [0.5, 0.6) is 5.75 Å². The van der Waals surface area contributed by atoms with Gasteiger partial charge in [-0.2, -0.15) is 0 Å². The molecule has 0 bridgehead atoms. The maximum absolute atomic E-state index is 6.21. The summed E-state index contributed by atoms with van der Waals surface area (Å²) < 4.78 is 7.59. The lowest BCUT2D eigenvalue weighted by molar-refractivity contribution is 0.414. The van der Waals surface area contributed by atoms with E-state index in [9.17, 15) is 0 Å². The third-order valence-corrected chi connectivity index (χ3v) is 4.55. The van der Waals surface area contributed by atoms with Crippen molar-refractivity contribution in [2.45, 2.75) is 13.0 Å². The number of nitrogens with zero attached hydrogens (tertiary/aromatic N) is 1. The van der Waals surface area contributed by atoms with Crippen molar-refractivity contribution < 1.29 is 4.74 Å². The molecule has 1 N–H and O–H groups in total. The molecule has 0 radical (unpaired) electrons. The fourth-order valence-corrected chi connectivity index (χ4v) is 3.46. The van der Waals surface area contributed by atoms with Gasteiger partial charge >= 0.3 is 0 Å². The van der Waals surface area contributed by atoms with Crippen LogP contribution in [0.1, 0.15) is 11.3 Å². The Bertz CT molecular complexity index is 836. The van der Waals surface area contributed by atoms with Crippen molar-refractivity contribution in [3.05, 3.63) is 58.7 Å². The van der Waals surface area contributed by atoms with Crippen LogP contribution >= 0.6 is 11.6 Å². The lowest BCUT2D eigenvalue weighted by atomic mass is 10.0. The first kappa shape index (κ1) is 13.7. The quantitative estimate of drug-likeness (QED) is 0.776. The number of hydrogen-bond acceptors (Lipinski definition) is 2. The van der Waals surface area contributed by atoms with Gasteiger partial charge < -0.3 is 14.6 Å². The molecule has 1 aliphatic rings. The van der Waals surface area contributed by atoms with Gasteiger partial charge in [0.1, 0.15) is 5.75 Å². The smallest absolute Gasteiger partial charge is 0.119 e. The first-order chi connectivity index (χ1) is 10.8. The van der Waals surface area contributed by atoms with Gasteiger partial charge in [0.25, 0.3) is 0 Å². The van der Waals surface area contributed by atoms with Crippen LogP contribution in [-0.4, -0.2) is 18.2 Å². The van der Waals surface area contributed by atoms with E-state index in [1.807, 2.05) is 18.2 Å². The molecule has 2 aromatic carbocycles. The average Bonchev–Trinajstić information content (AvgIpc) is 2.89. The normalized spacial score (nSPS) is 14.1. The predicted molar refractivity (Wildman–Crippen MR) is 90.2 cm³/mol. The molecule has 3 nitrogen and oxygen atoms in total. The van der Waals surface area contributed by atoms with Gasteiger partial charge in [-0.3, -0.25) is 0 Å². The van der Waals surface area contributed by atoms with E-state index in [2.05, 4.69) is 34.1 Å². The van der Waals surface area contributed by atoms with E-state index in [0.29, 0.717) is 0 Å². The summed E-state index contributed by atoms with van der Waals surface area (Å²) in [6.45, 7) is 1.90. The van der Waals surface area contributed by atoms with E-state index in [4.69, 9.17) is 16.3 Å². The van der Waals surface area contributed by atoms with Crippen LogP contribution < -0.4 is 10.1 Å². The molecule has 4 rings (SSSR count). The lowest BCUT2D eigenvalue weighted by Gasteiger charge is -2.17. The van der Waals surface area contributed by atoms with Crippen LogP contribution in [0, 0.1) is 0 Å². The maximum atomic E-state index is 6.21. The number of nitrogens with one attached hydrogen (secondary N) is 1. The van der Waals surface area contributed by atoms with Crippen molar-refractivity contribution in [2.24, 2.45) is 0 Å². The van der Waals surface area contributed by atoms with Crippen LogP contribution in [0.15, 0.2) is 42.5 Å². The zero-order valence-electron chi connectivity index (χ0n) is 12.4. The van der Waals surface area contributed by atoms with Crippen molar-refractivity contribution in [3.63, 3.8) is 0 Å². The Morgan fingerprint density at radius 1 is 1.14 bits per heavy atom. The van der Waals surface area contributed by atoms with Crippen molar-refractivity contribution >= 4 is 22.5 Å². The molecule has 1 aromatic heterocycles. The van der Waals surface area contributed by atoms with Crippen molar-refractivity contribution in [1.82, 2.24) is 9.88 Å². The number of benzene rings is 2. The second kappa shape index (κ2) is 5.34. The molecule has 4 heteroatoms. The second-order valence-electron chi connectivity index (χ2n) is 5.55. The molecule has 0 aliphatic carbocycles. The molecule has 0 atom stereocenters. The molecule has 0 saturated carbocycles. The number of ether oxygens (including phenoxy) is 1. The maximum Gasteiger partial charge on any atom is 0.119 e. The molecule has 0 unspecified atom stereocenters. The Labute approximate surface area is 134 Å². The summed E-state index contributed by atoms with van der Waals surface area (Å²) in [4.78, 5) is 0. The predicted octanol–water partition coefficient (Wildman–Crippen LogP) is 3.94. The van der Waals surface area contributed by atoms with Crippen LogP contribution in [0.2, 0.25) is 5.02 Å². The molecule has 22 heavy (non-hydrogen) atoms. The molecular formula is C18H17ClN2O. The Kier molecular flexibility index (Phi) is 3.32. The Morgan fingerprint density at radius 3 is 2.73 bits per heavy atom. The highest BCUT2D eigenvalue weighted by Crippen LogP contribution is 2.33. The number of rotatable bonds is 2. The highest BCUT2D eigenvalue weighted by Gasteiger charge is 2.20. The highest BCUT2D eigenvalue weighted by molar-refractivity contribution is 6.31. The van der Waals surface area contributed by atoms with Crippen LogP contribution in [0.25, 0.3) is 16.6 Å². The first-order valence-corrected chi connectivity index (χ1v) is 7.82. The topological polar surface area (TPSA) is 26.2 Å². The fraction of sp³-hybridized carbons (Fsp3) is 0.222. The number of fused-ring (bicyclic) bond motifs is 3. The van der Waals surface area contributed by atoms with Crippen molar-refractivity contribution in [2.75, 3.05) is 13.7 Å². The fourth-order valence-electron chi connectivity index (χ4n) is 3.29. The van der Waals surface area contributed by atoms with E-state index < -0.39 is 0 Å². The van der Waals surface area contributed by atoms with Crippen LogP contribution in [0.3, 0.4) is 0 Å². The molecular weight excluding hydrogens is 296 g/mol. The van der Waals surface area contributed by atoms with Gasteiger partial charge in [-0.1, -0.05) is 11.6 Å². The van der Waals surface area contributed by atoms with E-state index in [1.165, 1.54) is 22.2 Å². The molecule has 1 aliphatic heterocycles. The van der Waals surface area contributed by atoms with Crippen molar-refractivity contribution in [3.8, 4) is 11.4 Å². The number of methoxy groups -OCH3 is 1. The minimum atomic E-state index is 0.792. The highest BCUT2D eigenvalue weighted by atomic mass is 35.5. The summed E-state index contributed by atoms with van der Waals surface area (Å²) in [5, 5.41) is 5.53. The Morgan fingerprint density at radius 2 is 1.95 bits per heavy atom. The summed E-state index contributed by atoms with van der Waals surface area (Å²) in [5.41, 5.74) is 5.10. The van der Waals surface area contributed by atoms with Crippen molar-refractivity contribution in [1.29, 1.82) is 0 Å². The average molecular weight is 313 g/mol. The second-order valence-corrected chi connectivity index (χ2v) is 5.98. The third-order valence-electron chi connectivity index (χ3n) is 4.32. The molecule has 0 spiro atoms. The lowest BCUT2D eigenvalue weighted by Crippen LogP contribution is -2.24. The standard InChI is InChI=1S/C18H17ClN2O/c1-22-14-5-3-13(4-6-14)21-17-7-2-12(19)10-16(17)15-8-9-20-11-18(15)21/h2-7,10,20H,8-9,11H2,1H3. The molecule has 0 fully saturated rings. The van der Waals surface area contributed by atoms with Gasteiger partial charge in [0.2, 0.25) is 0 Å². The molecule has 0 saturated heterocycles. The SMILES string of the molecule is COc1ccc(-n2c3c(c4cc(Cl)ccc42)CCNC3)cc1. The largest absolute Gasteiger partial charge is 0.497 e. The monoisotopic (exact) mass is 312 g/mol. The van der Waals surface area contributed by atoms with Gasteiger partial charge in [0.15, 0.2) is 0 Å². The summed E-state index contributed by atoms with van der Waals surface area (Å²) in [7, 11) is 1.69. The zero-order chi connectivity index (χ0) is 15.1. The van der Waals surface area contributed by atoms with E-state index in [1.54, 1.807) is 7.11 Å². The number of hydrogen-bond donors (Lipinski definition) is 1. The van der Waals surface area contributed by atoms with E-state index in [-0.39, 0.29) is 0 Å². The summed E-state index contributed by atoms with van der Waals surface area (Å²) >= 11 is 6.21.